The summed E-state index contributed by atoms with van der Waals surface area (Å²) in [5.74, 6) is -0.121. The molecule has 2 amide bonds. The van der Waals surface area contributed by atoms with Crippen molar-refractivity contribution in [1.29, 1.82) is 0 Å². The fourth-order valence-corrected chi connectivity index (χ4v) is 3.36. The minimum Gasteiger partial charge on any atom is -0.342 e. The highest BCUT2D eigenvalue weighted by Crippen LogP contribution is 2.33. The Labute approximate surface area is 141 Å². The average molecular weight is 418 g/mol. The Hall–Kier alpha value is -0.880. The van der Waals surface area contributed by atoms with Crippen LogP contribution in [0.25, 0.3) is 0 Å². The quantitative estimate of drug-likeness (QED) is 0.813. The second-order valence-corrected chi connectivity index (χ2v) is 6.85. The van der Waals surface area contributed by atoms with Crippen LogP contribution in [0, 0.1) is 0 Å². The summed E-state index contributed by atoms with van der Waals surface area (Å²) in [6.45, 7) is 3.92. The third-order valence-corrected chi connectivity index (χ3v) is 4.76. The van der Waals surface area contributed by atoms with Crippen molar-refractivity contribution in [1.82, 2.24) is 5.32 Å². The molecule has 1 aromatic rings. The van der Waals surface area contributed by atoms with Crippen molar-refractivity contribution in [2.75, 3.05) is 4.90 Å². The first kappa shape index (κ1) is 16.5. The van der Waals surface area contributed by atoms with Gasteiger partial charge in [0.2, 0.25) is 11.8 Å². The van der Waals surface area contributed by atoms with Gasteiger partial charge in [0, 0.05) is 8.95 Å². The Morgan fingerprint density at radius 1 is 1.24 bits per heavy atom. The molecule has 2 atom stereocenters. The largest absolute Gasteiger partial charge is 0.342 e. The number of rotatable bonds is 4. The lowest BCUT2D eigenvalue weighted by Gasteiger charge is -2.39. The molecule has 0 saturated carbocycles. The molecule has 1 aromatic carbocycles. The number of piperazine rings is 1. The first-order chi connectivity index (χ1) is 9.99. The smallest absolute Gasteiger partial charge is 0.250 e. The predicted octanol–water partition coefficient (Wildman–Crippen LogP) is 3.62. The van der Waals surface area contributed by atoms with Gasteiger partial charge in [0.05, 0.1) is 5.69 Å². The van der Waals surface area contributed by atoms with E-state index in [0.717, 1.165) is 21.1 Å². The summed E-state index contributed by atoms with van der Waals surface area (Å²) in [4.78, 5) is 26.7. The minimum atomic E-state index is -0.462. The molecule has 1 saturated heterocycles. The van der Waals surface area contributed by atoms with E-state index >= 15 is 0 Å². The van der Waals surface area contributed by atoms with Crippen LogP contribution in [0.4, 0.5) is 5.69 Å². The van der Waals surface area contributed by atoms with E-state index in [9.17, 15) is 9.59 Å². The number of hydrogen-bond donors (Lipinski definition) is 1. The van der Waals surface area contributed by atoms with Gasteiger partial charge < -0.3 is 5.32 Å². The van der Waals surface area contributed by atoms with Crippen molar-refractivity contribution in [3.8, 4) is 0 Å². The Bertz CT molecular complexity index is 563. The predicted molar refractivity (Wildman–Crippen MR) is 90.2 cm³/mol. The Balaban J connectivity index is 2.46. The molecule has 0 aliphatic carbocycles. The lowest BCUT2D eigenvalue weighted by Crippen LogP contribution is -2.63. The normalized spacial score (nSPS) is 22.4. The maximum atomic E-state index is 12.8. The van der Waals surface area contributed by atoms with E-state index in [0.29, 0.717) is 12.8 Å². The molecule has 114 valence electrons. The molecule has 1 aliphatic rings. The molecule has 0 spiro atoms. The molecular formula is C15H18Br2N2O2. The molecule has 0 radical (unpaired) electrons. The van der Waals surface area contributed by atoms with Gasteiger partial charge in [-0.3, -0.25) is 14.5 Å². The second-order valence-electron chi connectivity index (χ2n) is 5.08. The summed E-state index contributed by atoms with van der Waals surface area (Å²) >= 11 is 6.91. The van der Waals surface area contributed by atoms with Crippen LogP contribution in [0.1, 0.15) is 33.1 Å². The lowest BCUT2D eigenvalue weighted by molar-refractivity contribution is -0.134. The number of halogens is 2. The maximum absolute atomic E-state index is 12.8. The summed E-state index contributed by atoms with van der Waals surface area (Å²) in [6, 6.07) is 4.74. The van der Waals surface area contributed by atoms with Crippen molar-refractivity contribution in [3.05, 3.63) is 27.1 Å². The SMILES string of the molecule is CCCC1NC(=O)C(CC)N(c2cc(Br)ccc2Br)C1=O. The van der Waals surface area contributed by atoms with Crippen LogP contribution in [0.3, 0.4) is 0 Å². The highest BCUT2D eigenvalue weighted by atomic mass is 79.9. The highest BCUT2D eigenvalue weighted by molar-refractivity contribution is 9.11. The number of benzene rings is 1. The van der Waals surface area contributed by atoms with Crippen LogP contribution in [0.2, 0.25) is 0 Å². The maximum Gasteiger partial charge on any atom is 0.250 e. The third kappa shape index (κ3) is 3.31. The number of carbonyl (C=O) groups excluding carboxylic acids is 2. The topological polar surface area (TPSA) is 49.4 Å². The van der Waals surface area contributed by atoms with Gasteiger partial charge in [-0.15, -0.1) is 0 Å². The molecule has 2 unspecified atom stereocenters. The summed E-state index contributed by atoms with van der Waals surface area (Å²) in [6.07, 6.45) is 2.08. The summed E-state index contributed by atoms with van der Waals surface area (Å²) < 4.78 is 1.68. The van der Waals surface area contributed by atoms with Crippen LogP contribution in [0.15, 0.2) is 27.1 Å². The Morgan fingerprint density at radius 3 is 2.57 bits per heavy atom. The van der Waals surface area contributed by atoms with Crippen molar-refractivity contribution in [3.63, 3.8) is 0 Å². The molecule has 6 heteroatoms. The van der Waals surface area contributed by atoms with Crippen molar-refractivity contribution < 1.29 is 9.59 Å². The number of nitrogens with zero attached hydrogens (tertiary/aromatic N) is 1. The zero-order chi connectivity index (χ0) is 15.6. The number of hydrogen-bond acceptors (Lipinski definition) is 2. The van der Waals surface area contributed by atoms with Crippen LogP contribution >= 0.6 is 31.9 Å². The Kier molecular flexibility index (Phi) is 5.43. The van der Waals surface area contributed by atoms with Gasteiger partial charge in [0.1, 0.15) is 12.1 Å². The van der Waals surface area contributed by atoms with Crippen LogP contribution in [-0.4, -0.2) is 23.9 Å². The molecule has 4 nitrogen and oxygen atoms in total. The van der Waals surface area contributed by atoms with Gasteiger partial charge in [-0.05, 0) is 47.0 Å². The van der Waals surface area contributed by atoms with E-state index in [1.54, 1.807) is 4.90 Å². The standard InChI is InChI=1S/C15H18Br2N2O2/c1-3-5-11-15(21)19(12(4-2)14(20)18-11)13-8-9(16)6-7-10(13)17/h6-8,11-12H,3-5H2,1-2H3,(H,18,20). The van der Waals surface area contributed by atoms with E-state index in [2.05, 4.69) is 37.2 Å². The van der Waals surface area contributed by atoms with Crippen LogP contribution < -0.4 is 10.2 Å². The van der Waals surface area contributed by atoms with Crippen molar-refractivity contribution in [2.45, 2.75) is 45.2 Å². The molecule has 2 rings (SSSR count). The summed E-state index contributed by atoms with van der Waals surface area (Å²) in [5, 5.41) is 2.84. The highest BCUT2D eigenvalue weighted by Gasteiger charge is 2.40. The van der Waals surface area contributed by atoms with Gasteiger partial charge in [-0.1, -0.05) is 36.2 Å². The zero-order valence-electron chi connectivity index (χ0n) is 12.0. The molecule has 1 aliphatic heterocycles. The second kappa shape index (κ2) is 6.92. The van der Waals surface area contributed by atoms with Gasteiger partial charge >= 0.3 is 0 Å². The van der Waals surface area contributed by atoms with Crippen molar-refractivity contribution >= 4 is 49.4 Å². The molecule has 1 heterocycles. The van der Waals surface area contributed by atoms with E-state index < -0.39 is 12.1 Å². The summed E-state index contributed by atoms with van der Waals surface area (Å²) in [5.41, 5.74) is 0.733. The van der Waals surface area contributed by atoms with Crippen LogP contribution in [-0.2, 0) is 9.59 Å². The zero-order valence-corrected chi connectivity index (χ0v) is 15.2. The molecule has 0 bridgehead atoms. The Morgan fingerprint density at radius 2 is 1.95 bits per heavy atom. The molecular weight excluding hydrogens is 400 g/mol. The first-order valence-electron chi connectivity index (χ1n) is 7.08. The van der Waals surface area contributed by atoms with Crippen molar-refractivity contribution in [2.24, 2.45) is 0 Å². The molecule has 1 N–H and O–H groups in total. The lowest BCUT2D eigenvalue weighted by atomic mass is 10.0. The third-order valence-electron chi connectivity index (χ3n) is 3.60. The fraction of sp³-hybridized carbons (Fsp3) is 0.467. The molecule has 21 heavy (non-hydrogen) atoms. The van der Waals surface area contributed by atoms with Crippen LogP contribution in [0.5, 0.6) is 0 Å². The van der Waals surface area contributed by atoms with E-state index in [1.165, 1.54) is 0 Å². The number of carbonyl (C=O) groups is 2. The average Bonchev–Trinajstić information content (AvgIpc) is 2.45. The summed E-state index contributed by atoms with van der Waals surface area (Å²) in [7, 11) is 0. The van der Waals surface area contributed by atoms with E-state index in [4.69, 9.17) is 0 Å². The van der Waals surface area contributed by atoms with E-state index in [-0.39, 0.29) is 11.8 Å². The number of nitrogens with one attached hydrogen (secondary N) is 1. The minimum absolute atomic E-state index is 0.0397. The molecule has 1 fully saturated rings. The first-order valence-corrected chi connectivity index (χ1v) is 8.66. The number of anilines is 1. The van der Waals surface area contributed by atoms with Gasteiger partial charge in [-0.25, -0.2) is 0 Å². The van der Waals surface area contributed by atoms with Gasteiger partial charge in [0.25, 0.3) is 0 Å². The number of amides is 2. The van der Waals surface area contributed by atoms with Gasteiger partial charge in [-0.2, -0.15) is 0 Å². The van der Waals surface area contributed by atoms with E-state index in [1.807, 2.05) is 32.0 Å². The fourth-order valence-electron chi connectivity index (χ4n) is 2.58. The monoisotopic (exact) mass is 416 g/mol. The van der Waals surface area contributed by atoms with Gasteiger partial charge in [0.15, 0.2) is 0 Å². The molecule has 0 aromatic heterocycles.